The molecule has 1 N–H and O–H groups in total. The van der Waals surface area contributed by atoms with Gasteiger partial charge in [0.15, 0.2) is 0 Å². The van der Waals surface area contributed by atoms with Crippen molar-refractivity contribution >= 4 is 15.9 Å². The van der Waals surface area contributed by atoms with Crippen LogP contribution in [0.25, 0.3) is 0 Å². The van der Waals surface area contributed by atoms with Gasteiger partial charge in [-0.2, -0.15) is 13.2 Å². The van der Waals surface area contributed by atoms with Crippen LogP contribution in [0.5, 0.6) is 0 Å². The molecule has 0 fully saturated rings. The number of alkyl halides is 3. The molecule has 1 aromatic rings. The zero-order valence-corrected chi connectivity index (χ0v) is 7.98. The van der Waals surface area contributed by atoms with E-state index in [2.05, 4.69) is 15.9 Å². The minimum atomic E-state index is -4.35. The number of hydrogen-bond donors (Lipinski definition) is 1. The number of aliphatic hydroxyl groups is 1. The van der Waals surface area contributed by atoms with Gasteiger partial charge in [0.1, 0.15) is 0 Å². The maximum absolute atomic E-state index is 12.2. The van der Waals surface area contributed by atoms with E-state index in [1.54, 1.807) is 0 Å². The molecule has 0 atom stereocenters. The van der Waals surface area contributed by atoms with Gasteiger partial charge in [0.25, 0.3) is 0 Å². The highest BCUT2D eigenvalue weighted by Crippen LogP contribution is 2.35. The molecule has 0 heterocycles. The van der Waals surface area contributed by atoms with Crippen LogP contribution in [0.15, 0.2) is 22.7 Å². The van der Waals surface area contributed by atoms with Crippen molar-refractivity contribution in [3.63, 3.8) is 0 Å². The number of rotatable bonds is 1. The number of hydrogen-bond acceptors (Lipinski definition) is 1. The Kier molecular flexibility index (Phi) is 2.98. The molecule has 0 aliphatic carbocycles. The Balaban J connectivity index is 3.13. The molecule has 0 radical (unpaired) electrons. The molecule has 1 nitrogen and oxygen atoms in total. The lowest BCUT2D eigenvalue weighted by Crippen LogP contribution is -2.06. The molecule has 0 saturated heterocycles. The molecule has 0 spiro atoms. The Morgan fingerprint density at radius 3 is 2.31 bits per heavy atom. The van der Waals surface area contributed by atoms with Crippen LogP contribution in [0.3, 0.4) is 0 Å². The zero-order chi connectivity index (χ0) is 10.1. The van der Waals surface area contributed by atoms with Gasteiger partial charge >= 0.3 is 6.18 Å². The van der Waals surface area contributed by atoms with Crippen molar-refractivity contribution in [1.29, 1.82) is 0 Å². The predicted molar refractivity (Wildman–Crippen MR) is 45.1 cm³/mol. The molecule has 0 saturated carbocycles. The molecule has 5 heteroatoms. The number of halogens is 4. The molecule has 0 aliphatic heterocycles. The van der Waals surface area contributed by atoms with E-state index in [1.807, 2.05) is 0 Å². The van der Waals surface area contributed by atoms with Crippen molar-refractivity contribution in [2.24, 2.45) is 0 Å². The second-order valence-corrected chi connectivity index (χ2v) is 3.32. The summed E-state index contributed by atoms with van der Waals surface area (Å²) in [6.07, 6.45) is -4.35. The summed E-state index contributed by atoms with van der Waals surface area (Å²) in [5.74, 6) is 0. The lowest BCUT2D eigenvalue weighted by atomic mass is 10.1. The van der Waals surface area contributed by atoms with Crippen molar-refractivity contribution in [2.45, 2.75) is 12.8 Å². The van der Waals surface area contributed by atoms with Crippen molar-refractivity contribution in [2.75, 3.05) is 0 Å². The summed E-state index contributed by atoms with van der Waals surface area (Å²) >= 11 is 2.79. The van der Waals surface area contributed by atoms with Crippen LogP contribution in [-0.4, -0.2) is 5.11 Å². The highest BCUT2D eigenvalue weighted by Gasteiger charge is 2.32. The number of benzene rings is 1. The monoisotopic (exact) mass is 254 g/mol. The topological polar surface area (TPSA) is 20.2 Å². The molecule has 0 aliphatic rings. The molecule has 0 aromatic heterocycles. The van der Waals surface area contributed by atoms with Crippen LogP contribution in [0.4, 0.5) is 13.2 Å². The van der Waals surface area contributed by atoms with Crippen molar-refractivity contribution in [3.8, 4) is 0 Å². The van der Waals surface area contributed by atoms with Crippen LogP contribution in [0.2, 0.25) is 0 Å². The van der Waals surface area contributed by atoms with Crippen LogP contribution in [0.1, 0.15) is 11.1 Å². The van der Waals surface area contributed by atoms with E-state index in [1.165, 1.54) is 12.1 Å². The summed E-state index contributed by atoms with van der Waals surface area (Å²) in [4.78, 5) is 0. The third-order valence-corrected chi connectivity index (χ3v) is 2.18. The molecular formula is C8H6BrF3O. The van der Waals surface area contributed by atoms with E-state index in [0.29, 0.717) is 5.56 Å². The van der Waals surface area contributed by atoms with Gasteiger partial charge in [-0.05, 0) is 17.7 Å². The molecular weight excluding hydrogens is 249 g/mol. The summed E-state index contributed by atoms with van der Waals surface area (Å²) in [5.41, 5.74) is -0.287. The van der Waals surface area contributed by atoms with Gasteiger partial charge in [0.05, 0.1) is 12.2 Å². The fourth-order valence-corrected chi connectivity index (χ4v) is 1.54. The lowest BCUT2D eigenvalue weighted by Gasteiger charge is -2.09. The summed E-state index contributed by atoms with van der Waals surface area (Å²) in [6, 6.07) is 3.44. The third-order valence-electron chi connectivity index (χ3n) is 1.52. The van der Waals surface area contributed by atoms with Gasteiger partial charge in [-0.25, -0.2) is 0 Å². The van der Waals surface area contributed by atoms with Crippen LogP contribution >= 0.6 is 15.9 Å². The maximum atomic E-state index is 12.2. The fourth-order valence-electron chi connectivity index (χ4n) is 0.887. The lowest BCUT2D eigenvalue weighted by molar-refractivity contribution is -0.138. The van der Waals surface area contributed by atoms with E-state index < -0.39 is 11.7 Å². The molecule has 1 rings (SSSR count). The first kappa shape index (κ1) is 10.5. The number of aliphatic hydroxyl groups excluding tert-OH is 1. The fraction of sp³-hybridized carbons (Fsp3) is 0.250. The van der Waals surface area contributed by atoms with Gasteiger partial charge in [-0.3, -0.25) is 0 Å². The summed E-state index contributed by atoms with van der Waals surface area (Å²) in [6.45, 7) is -0.267. The minimum absolute atomic E-state index is 0.0495. The largest absolute Gasteiger partial charge is 0.417 e. The summed E-state index contributed by atoms with van der Waals surface area (Å²) in [7, 11) is 0. The highest BCUT2D eigenvalue weighted by molar-refractivity contribution is 9.10. The average Bonchev–Trinajstić information content (AvgIpc) is 2.01. The minimum Gasteiger partial charge on any atom is -0.392 e. The second kappa shape index (κ2) is 3.67. The van der Waals surface area contributed by atoms with Gasteiger partial charge in [0.2, 0.25) is 0 Å². The Labute approximate surface area is 81.3 Å². The Morgan fingerprint density at radius 1 is 1.31 bits per heavy atom. The van der Waals surface area contributed by atoms with Gasteiger partial charge in [-0.15, -0.1) is 0 Å². The van der Waals surface area contributed by atoms with E-state index in [0.717, 1.165) is 6.07 Å². The Morgan fingerprint density at radius 2 is 1.92 bits per heavy atom. The smallest absolute Gasteiger partial charge is 0.392 e. The van der Waals surface area contributed by atoms with Crippen LogP contribution in [-0.2, 0) is 12.8 Å². The van der Waals surface area contributed by atoms with Gasteiger partial charge < -0.3 is 5.11 Å². The molecule has 1 aromatic carbocycles. The SMILES string of the molecule is OCc1ccc(C(F)(F)F)c(Br)c1. The molecule has 0 amide bonds. The zero-order valence-electron chi connectivity index (χ0n) is 6.40. The van der Waals surface area contributed by atoms with Crippen molar-refractivity contribution < 1.29 is 18.3 Å². The van der Waals surface area contributed by atoms with E-state index in [-0.39, 0.29) is 11.1 Å². The van der Waals surface area contributed by atoms with Crippen LogP contribution < -0.4 is 0 Å². The quantitative estimate of drug-likeness (QED) is 0.817. The maximum Gasteiger partial charge on any atom is 0.417 e. The van der Waals surface area contributed by atoms with Gasteiger partial charge in [-0.1, -0.05) is 22.0 Å². The van der Waals surface area contributed by atoms with Crippen molar-refractivity contribution in [3.05, 3.63) is 33.8 Å². The molecule has 0 bridgehead atoms. The Bertz CT molecular complexity index is 309. The van der Waals surface area contributed by atoms with E-state index in [9.17, 15) is 13.2 Å². The van der Waals surface area contributed by atoms with Gasteiger partial charge in [0, 0.05) is 4.47 Å². The Hall–Kier alpha value is -0.550. The van der Waals surface area contributed by atoms with E-state index >= 15 is 0 Å². The van der Waals surface area contributed by atoms with Crippen molar-refractivity contribution in [1.82, 2.24) is 0 Å². The third kappa shape index (κ3) is 2.45. The normalized spacial score (nSPS) is 11.8. The van der Waals surface area contributed by atoms with Crippen LogP contribution in [0, 0.1) is 0 Å². The summed E-state index contributed by atoms with van der Waals surface area (Å²) < 4.78 is 36.5. The second-order valence-electron chi connectivity index (χ2n) is 2.47. The summed E-state index contributed by atoms with van der Waals surface area (Å²) in [5, 5.41) is 8.65. The first-order valence-electron chi connectivity index (χ1n) is 3.41. The molecule has 72 valence electrons. The molecule has 13 heavy (non-hydrogen) atoms. The van der Waals surface area contributed by atoms with E-state index in [4.69, 9.17) is 5.11 Å². The molecule has 0 unspecified atom stereocenters. The predicted octanol–water partition coefficient (Wildman–Crippen LogP) is 2.96. The standard InChI is InChI=1S/C8H6BrF3O/c9-7-3-5(4-13)1-2-6(7)8(10,11)12/h1-3,13H,4H2. The average molecular weight is 255 g/mol. The first-order valence-corrected chi connectivity index (χ1v) is 4.21. The highest BCUT2D eigenvalue weighted by atomic mass is 79.9. The first-order chi connectivity index (χ1) is 5.95.